The second kappa shape index (κ2) is 5.77. The second-order valence-electron chi connectivity index (χ2n) is 3.83. The van der Waals surface area contributed by atoms with Crippen LogP contribution in [-0.2, 0) is 22.8 Å². The van der Waals surface area contributed by atoms with Crippen molar-refractivity contribution in [2.45, 2.75) is 32.1 Å². The van der Waals surface area contributed by atoms with Crippen molar-refractivity contribution in [2.75, 3.05) is 11.1 Å². The highest BCUT2D eigenvalue weighted by Crippen LogP contribution is 2.03. The molecule has 0 fully saturated rings. The second-order valence-corrected chi connectivity index (χ2v) is 7.30. The van der Waals surface area contributed by atoms with E-state index < -0.39 is 9.84 Å². The first kappa shape index (κ1) is 13.6. The average Bonchev–Trinajstić information content (AvgIpc) is 2.63. The Hall–Kier alpha value is -0.430. The van der Waals surface area contributed by atoms with Crippen molar-refractivity contribution in [1.29, 1.82) is 0 Å². The molecule has 0 unspecified atom stereocenters. The van der Waals surface area contributed by atoms with Crippen LogP contribution in [0.4, 0.5) is 0 Å². The summed E-state index contributed by atoms with van der Waals surface area (Å²) >= 11 is 3.31. The van der Waals surface area contributed by atoms with Gasteiger partial charge in [0.15, 0.2) is 9.84 Å². The van der Waals surface area contributed by atoms with Crippen LogP contribution in [0.5, 0.6) is 0 Å². The van der Waals surface area contributed by atoms with Crippen molar-refractivity contribution in [1.82, 2.24) is 15.0 Å². The molecule has 0 N–H and O–H groups in total. The summed E-state index contributed by atoms with van der Waals surface area (Å²) < 4.78 is 24.7. The van der Waals surface area contributed by atoms with Crippen LogP contribution in [0.15, 0.2) is 6.20 Å². The molecule has 0 aromatic carbocycles. The van der Waals surface area contributed by atoms with Gasteiger partial charge in [-0.2, -0.15) is 0 Å². The fraction of sp³-hybridized carbons (Fsp3) is 0.778. The molecule has 92 valence electrons. The summed E-state index contributed by atoms with van der Waals surface area (Å²) in [4.78, 5) is 0. The minimum Gasteiger partial charge on any atom is -0.251 e. The Labute approximate surface area is 104 Å². The van der Waals surface area contributed by atoms with Crippen LogP contribution in [-0.4, -0.2) is 39.7 Å². The highest BCUT2D eigenvalue weighted by atomic mass is 79.9. The van der Waals surface area contributed by atoms with Gasteiger partial charge in [0.05, 0.1) is 23.2 Å². The molecule has 16 heavy (non-hydrogen) atoms. The van der Waals surface area contributed by atoms with Crippen molar-refractivity contribution < 1.29 is 8.42 Å². The van der Waals surface area contributed by atoms with Gasteiger partial charge < -0.3 is 0 Å². The smallest absolute Gasteiger partial charge is 0.154 e. The van der Waals surface area contributed by atoms with Gasteiger partial charge in [0, 0.05) is 17.9 Å². The molecule has 0 radical (unpaired) electrons. The topological polar surface area (TPSA) is 64.8 Å². The summed E-state index contributed by atoms with van der Waals surface area (Å²) in [5.74, 6) is 0.113. The van der Waals surface area contributed by atoms with Crippen LogP contribution in [0, 0.1) is 0 Å². The summed E-state index contributed by atoms with van der Waals surface area (Å²) in [7, 11) is -3.00. The Kier molecular flexibility index (Phi) is 4.91. The van der Waals surface area contributed by atoms with E-state index in [9.17, 15) is 8.42 Å². The molecular weight excluding hydrogens is 294 g/mol. The summed E-state index contributed by atoms with van der Waals surface area (Å²) in [5, 5.41) is 8.31. The third-order valence-electron chi connectivity index (χ3n) is 2.26. The molecule has 0 atom stereocenters. The molecular formula is C9H16BrN3O2S. The Morgan fingerprint density at radius 2 is 2.19 bits per heavy atom. The van der Waals surface area contributed by atoms with E-state index in [2.05, 4.69) is 26.2 Å². The number of sulfone groups is 1. The van der Waals surface area contributed by atoms with Gasteiger partial charge in [0.1, 0.15) is 0 Å². The predicted molar refractivity (Wildman–Crippen MR) is 66.4 cm³/mol. The number of hydrogen-bond donors (Lipinski definition) is 0. The van der Waals surface area contributed by atoms with E-state index in [0.717, 1.165) is 17.4 Å². The molecule has 0 amide bonds. The normalized spacial score (nSPS) is 12.2. The molecule has 1 rings (SSSR count). The number of nitrogens with zero attached hydrogens (tertiary/aromatic N) is 3. The molecule has 0 aliphatic carbocycles. The van der Waals surface area contributed by atoms with E-state index in [4.69, 9.17) is 0 Å². The van der Waals surface area contributed by atoms with Gasteiger partial charge in [0.2, 0.25) is 0 Å². The molecule has 0 aliphatic rings. The van der Waals surface area contributed by atoms with E-state index in [0.29, 0.717) is 6.54 Å². The van der Waals surface area contributed by atoms with Crippen LogP contribution in [0.2, 0.25) is 0 Å². The molecule has 5 nitrogen and oxygen atoms in total. The van der Waals surface area contributed by atoms with Crippen molar-refractivity contribution >= 4 is 25.8 Å². The van der Waals surface area contributed by atoms with E-state index >= 15 is 0 Å². The van der Waals surface area contributed by atoms with Crippen molar-refractivity contribution in [2.24, 2.45) is 0 Å². The number of rotatable bonds is 6. The van der Waals surface area contributed by atoms with Crippen LogP contribution < -0.4 is 0 Å². The highest BCUT2D eigenvalue weighted by Gasteiger charge is 2.16. The third-order valence-corrected chi connectivity index (χ3v) is 4.84. The van der Waals surface area contributed by atoms with Crippen molar-refractivity contribution in [3.8, 4) is 0 Å². The maximum Gasteiger partial charge on any atom is 0.154 e. The first-order valence-electron chi connectivity index (χ1n) is 5.12. The Morgan fingerprint density at radius 1 is 1.50 bits per heavy atom. The van der Waals surface area contributed by atoms with Gasteiger partial charge in [0.25, 0.3) is 0 Å². The Morgan fingerprint density at radius 3 is 2.75 bits per heavy atom. The van der Waals surface area contributed by atoms with Gasteiger partial charge in [-0.05, 0) is 13.8 Å². The monoisotopic (exact) mass is 309 g/mol. The lowest BCUT2D eigenvalue weighted by atomic mass is 10.4. The summed E-state index contributed by atoms with van der Waals surface area (Å²) in [6.45, 7) is 3.75. The van der Waals surface area contributed by atoms with E-state index in [1.165, 1.54) is 0 Å². The summed E-state index contributed by atoms with van der Waals surface area (Å²) in [6.07, 6.45) is 2.59. The maximum absolute atomic E-state index is 11.6. The van der Waals surface area contributed by atoms with Gasteiger partial charge in [-0.3, -0.25) is 4.68 Å². The first-order valence-corrected chi connectivity index (χ1v) is 7.96. The SMILES string of the molecule is CC(C)S(=O)(=O)CCn1cc(CCBr)nn1. The minimum absolute atomic E-state index is 0.113. The average molecular weight is 310 g/mol. The third kappa shape index (κ3) is 3.86. The predicted octanol–water partition coefficient (Wildman–Crippen LogP) is 1.04. The molecule has 0 saturated carbocycles. The largest absolute Gasteiger partial charge is 0.251 e. The molecule has 1 heterocycles. The standard InChI is InChI=1S/C9H16BrN3O2S/c1-8(2)16(14,15)6-5-13-7-9(3-4-10)11-12-13/h7-8H,3-6H2,1-2H3. The number of alkyl halides is 1. The quantitative estimate of drug-likeness (QED) is 0.737. The van der Waals surface area contributed by atoms with Gasteiger partial charge in [-0.1, -0.05) is 21.1 Å². The molecule has 0 bridgehead atoms. The molecule has 7 heteroatoms. The van der Waals surface area contributed by atoms with Crippen molar-refractivity contribution in [3.63, 3.8) is 0 Å². The van der Waals surface area contributed by atoms with E-state index in [1.54, 1.807) is 24.7 Å². The van der Waals surface area contributed by atoms with E-state index in [1.807, 2.05) is 0 Å². The Bertz CT molecular complexity index is 428. The molecule has 1 aromatic rings. The van der Waals surface area contributed by atoms with Crippen LogP contribution in [0.3, 0.4) is 0 Å². The zero-order valence-electron chi connectivity index (χ0n) is 9.43. The van der Waals surface area contributed by atoms with Crippen LogP contribution in [0.25, 0.3) is 0 Å². The lowest BCUT2D eigenvalue weighted by molar-refractivity contribution is 0.568. The summed E-state index contributed by atoms with van der Waals surface area (Å²) in [6, 6.07) is 0. The Balaban J connectivity index is 2.55. The first-order chi connectivity index (χ1) is 7.45. The zero-order chi connectivity index (χ0) is 12.2. The molecule has 1 aromatic heterocycles. The molecule has 0 saturated heterocycles. The number of halogens is 1. The van der Waals surface area contributed by atoms with Gasteiger partial charge in [-0.25, -0.2) is 8.42 Å². The fourth-order valence-electron chi connectivity index (χ4n) is 1.12. The zero-order valence-corrected chi connectivity index (χ0v) is 11.8. The highest BCUT2D eigenvalue weighted by molar-refractivity contribution is 9.09. The lowest BCUT2D eigenvalue weighted by Crippen LogP contribution is -2.21. The number of hydrogen-bond acceptors (Lipinski definition) is 4. The molecule has 0 spiro atoms. The van der Waals surface area contributed by atoms with Crippen molar-refractivity contribution in [3.05, 3.63) is 11.9 Å². The number of aryl methyl sites for hydroxylation is 2. The minimum atomic E-state index is -3.00. The summed E-state index contributed by atoms with van der Waals surface area (Å²) in [5.41, 5.74) is 0.874. The van der Waals surface area contributed by atoms with E-state index in [-0.39, 0.29) is 11.0 Å². The van der Waals surface area contributed by atoms with Crippen LogP contribution >= 0.6 is 15.9 Å². The molecule has 0 aliphatic heterocycles. The number of aromatic nitrogens is 3. The van der Waals surface area contributed by atoms with Crippen LogP contribution in [0.1, 0.15) is 19.5 Å². The lowest BCUT2D eigenvalue weighted by Gasteiger charge is -2.06. The van der Waals surface area contributed by atoms with Gasteiger partial charge in [-0.15, -0.1) is 5.10 Å². The fourth-order valence-corrected chi connectivity index (χ4v) is 2.43. The van der Waals surface area contributed by atoms with Gasteiger partial charge >= 0.3 is 0 Å². The maximum atomic E-state index is 11.6.